The minimum absolute atomic E-state index is 0.0143. The van der Waals surface area contributed by atoms with Gasteiger partial charge in [-0.1, -0.05) is 24.3 Å². The van der Waals surface area contributed by atoms with Gasteiger partial charge in [-0.05, 0) is 17.5 Å². The first-order valence-corrected chi connectivity index (χ1v) is 9.50. The summed E-state index contributed by atoms with van der Waals surface area (Å²) in [6.07, 6.45) is 6.11. The maximum absolute atomic E-state index is 12.7. The van der Waals surface area contributed by atoms with E-state index >= 15 is 0 Å². The van der Waals surface area contributed by atoms with Gasteiger partial charge in [0, 0.05) is 50.7 Å². The Hall–Kier alpha value is -3.42. The number of aryl methyl sites for hydroxylation is 2. The molecule has 0 spiro atoms. The Kier molecular flexibility index (Phi) is 4.01. The molecule has 1 aromatic carbocycles. The van der Waals surface area contributed by atoms with Crippen molar-refractivity contribution in [1.82, 2.24) is 19.1 Å². The highest BCUT2D eigenvalue weighted by Gasteiger charge is 2.55. The third-order valence-electron chi connectivity index (χ3n) is 5.91. The maximum Gasteiger partial charge on any atom is 0.374 e. The molecule has 8 nitrogen and oxygen atoms in total. The van der Waals surface area contributed by atoms with Crippen molar-refractivity contribution < 1.29 is 19.1 Å². The zero-order valence-electron chi connectivity index (χ0n) is 16.1. The van der Waals surface area contributed by atoms with E-state index in [1.54, 1.807) is 48.0 Å². The van der Waals surface area contributed by atoms with E-state index in [1.807, 2.05) is 12.1 Å². The quantitative estimate of drug-likeness (QED) is 0.633. The van der Waals surface area contributed by atoms with E-state index in [4.69, 9.17) is 9.47 Å². The van der Waals surface area contributed by atoms with Crippen molar-refractivity contribution >= 4 is 11.9 Å². The first kappa shape index (κ1) is 17.7. The van der Waals surface area contributed by atoms with Gasteiger partial charge in [0.05, 0.1) is 0 Å². The predicted molar refractivity (Wildman–Crippen MR) is 101 cm³/mol. The Labute approximate surface area is 167 Å². The van der Waals surface area contributed by atoms with Gasteiger partial charge >= 0.3 is 11.9 Å². The largest absolute Gasteiger partial charge is 0.452 e. The lowest BCUT2D eigenvalue weighted by atomic mass is 9.87. The molecular weight excluding hydrogens is 372 g/mol. The molecule has 2 aliphatic rings. The summed E-state index contributed by atoms with van der Waals surface area (Å²) in [7, 11) is 3.47. The number of carbonyl (C=O) groups excluding carboxylic acids is 2. The number of benzene rings is 1. The molecule has 2 bridgehead atoms. The Balaban J connectivity index is 1.46. The van der Waals surface area contributed by atoms with Crippen molar-refractivity contribution in [3.63, 3.8) is 0 Å². The topological polar surface area (TPSA) is 88.2 Å². The van der Waals surface area contributed by atoms with E-state index in [0.717, 1.165) is 17.5 Å². The summed E-state index contributed by atoms with van der Waals surface area (Å²) in [6, 6.07) is 8.06. The monoisotopic (exact) mass is 392 g/mol. The minimum Gasteiger partial charge on any atom is -0.452 e. The fourth-order valence-electron chi connectivity index (χ4n) is 4.57. The number of hydrogen-bond donors (Lipinski definition) is 0. The molecule has 0 aliphatic heterocycles. The van der Waals surface area contributed by atoms with Crippen molar-refractivity contribution in [1.29, 1.82) is 0 Å². The van der Waals surface area contributed by atoms with Gasteiger partial charge in [0.1, 0.15) is 12.2 Å². The summed E-state index contributed by atoms with van der Waals surface area (Å²) in [5.74, 6) is -0.638. The Morgan fingerprint density at radius 2 is 1.31 bits per heavy atom. The molecule has 1 saturated carbocycles. The number of hydrogen-bond acceptors (Lipinski definition) is 6. The number of rotatable bonds is 4. The zero-order chi connectivity index (χ0) is 20.1. The summed E-state index contributed by atoms with van der Waals surface area (Å²) < 4.78 is 14.9. The first-order chi connectivity index (χ1) is 14.0. The third kappa shape index (κ3) is 2.74. The van der Waals surface area contributed by atoms with Crippen molar-refractivity contribution in [3.05, 3.63) is 71.8 Å². The SMILES string of the molecule is Cn1ccnc1C(=O)OC1C2CC(c3ccccc32)C1OC(=O)c1nccn1C. The van der Waals surface area contributed by atoms with Crippen LogP contribution in [0.3, 0.4) is 0 Å². The number of carbonyl (C=O) groups is 2. The van der Waals surface area contributed by atoms with Crippen LogP contribution in [0.4, 0.5) is 0 Å². The van der Waals surface area contributed by atoms with Gasteiger partial charge in [-0.2, -0.15) is 0 Å². The average Bonchev–Trinajstić information content (AvgIpc) is 3.47. The van der Waals surface area contributed by atoms with Crippen LogP contribution in [-0.4, -0.2) is 43.2 Å². The number of ether oxygens (including phenoxy) is 2. The van der Waals surface area contributed by atoms with Crippen LogP contribution in [0, 0.1) is 0 Å². The second-order valence-electron chi connectivity index (χ2n) is 7.54. The van der Waals surface area contributed by atoms with E-state index in [0.29, 0.717) is 0 Å². The molecule has 4 unspecified atom stereocenters. The summed E-state index contributed by atoms with van der Waals surface area (Å²) in [4.78, 5) is 33.6. The van der Waals surface area contributed by atoms with Gasteiger partial charge < -0.3 is 18.6 Å². The molecule has 1 fully saturated rings. The van der Waals surface area contributed by atoms with E-state index in [-0.39, 0.29) is 23.5 Å². The molecule has 29 heavy (non-hydrogen) atoms. The van der Waals surface area contributed by atoms with Crippen LogP contribution in [0.15, 0.2) is 49.1 Å². The van der Waals surface area contributed by atoms with Crippen molar-refractivity contribution in [2.24, 2.45) is 14.1 Å². The van der Waals surface area contributed by atoms with Gasteiger partial charge in [0.15, 0.2) is 0 Å². The lowest BCUT2D eigenvalue weighted by Crippen LogP contribution is -2.39. The van der Waals surface area contributed by atoms with Gasteiger partial charge in [0.2, 0.25) is 11.6 Å². The van der Waals surface area contributed by atoms with E-state index in [1.165, 1.54) is 0 Å². The zero-order valence-corrected chi connectivity index (χ0v) is 16.1. The Morgan fingerprint density at radius 1 is 0.862 bits per heavy atom. The van der Waals surface area contributed by atoms with Gasteiger partial charge in [-0.25, -0.2) is 19.6 Å². The van der Waals surface area contributed by atoms with Crippen molar-refractivity contribution in [2.75, 3.05) is 0 Å². The van der Waals surface area contributed by atoms with Crippen LogP contribution in [0.2, 0.25) is 0 Å². The predicted octanol–water partition coefficient (Wildman–Crippen LogP) is 2.19. The standard InChI is InChI=1S/C21H20N4O4/c1-24-9-7-22-18(24)20(26)28-16-14-11-15(13-6-4-3-5-12(13)14)17(16)29-21(27)19-23-8-10-25(19)2/h3-10,14-17H,11H2,1-2H3. The second-order valence-corrected chi connectivity index (χ2v) is 7.54. The van der Waals surface area contributed by atoms with Crippen LogP contribution in [0.1, 0.15) is 50.6 Å². The summed E-state index contributed by atoms with van der Waals surface area (Å²) in [5.41, 5.74) is 2.30. The molecule has 8 heteroatoms. The van der Waals surface area contributed by atoms with Crippen LogP contribution in [-0.2, 0) is 23.6 Å². The summed E-state index contributed by atoms with van der Waals surface area (Å²) >= 11 is 0. The summed E-state index contributed by atoms with van der Waals surface area (Å²) in [5, 5.41) is 0. The molecule has 0 amide bonds. The molecule has 148 valence electrons. The highest BCUT2D eigenvalue weighted by molar-refractivity contribution is 5.87. The van der Waals surface area contributed by atoms with Crippen LogP contribution < -0.4 is 0 Å². The number of nitrogens with zero attached hydrogens (tertiary/aromatic N) is 4. The molecule has 2 aromatic heterocycles. The van der Waals surface area contributed by atoms with E-state index < -0.39 is 24.1 Å². The molecule has 2 aliphatic carbocycles. The highest BCUT2D eigenvalue weighted by atomic mass is 16.6. The van der Waals surface area contributed by atoms with E-state index in [2.05, 4.69) is 22.1 Å². The van der Waals surface area contributed by atoms with Crippen molar-refractivity contribution in [3.8, 4) is 0 Å². The lowest BCUT2D eigenvalue weighted by molar-refractivity contribution is -0.0364. The summed E-state index contributed by atoms with van der Waals surface area (Å²) in [6.45, 7) is 0. The number of aromatic nitrogens is 4. The highest BCUT2D eigenvalue weighted by Crippen LogP contribution is 2.55. The van der Waals surface area contributed by atoms with Crippen LogP contribution in [0.25, 0.3) is 0 Å². The average molecular weight is 392 g/mol. The second kappa shape index (κ2) is 6.58. The normalized spacial score (nSPS) is 24.3. The molecule has 3 aromatic rings. The van der Waals surface area contributed by atoms with Crippen LogP contribution >= 0.6 is 0 Å². The number of fused-ring (bicyclic) bond motifs is 5. The Bertz CT molecular complexity index is 1020. The Morgan fingerprint density at radius 3 is 1.69 bits per heavy atom. The smallest absolute Gasteiger partial charge is 0.374 e. The molecular formula is C21H20N4O4. The molecule has 0 N–H and O–H groups in total. The van der Waals surface area contributed by atoms with Gasteiger partial charge in [-0.15, -0.1) is 0 Å². The lowest BCUT2D eigenvalue weighted by Gasteiger charge is -2.31. The maximum atomic E-state index is 12.7. The van der Waals surface area contributed by atoms with Gasteiger partial charge in [-0.3, -0.25) is 0 Å². The fraction of sp³-hybridized carbons (Fsp3) is 0.333. The number of esters is 2. The number of imidazole rings is 2. The molecule has 0 saturated heterocycles. The third-order valence-corrected chi connectivity index (χ3v) is 5.91. The van der Waals surface area contributed by atoms with Crippen LogP contribution in [0.5, 0.6) is 0 Å². The molecule has 0 radical (unpaired) electrons. The first-order valence-electron chi connectivity index (χ1n) is 9.50. The van der Waals surface area contributed by atoms with E-state index in [9.17, 15) is 9.59 Å². The molecule has 2 heterocycles. The van der Waals surface area contributed by atoms with Gasteiger partial charge in [0.25, 0.3) is 0 Å². The fourth-order valence-corrected chi connectivity index (χ4v) is 4.57. The molecule has 4 atom stereocenters. The molecule has 5 rings (SSSR count). The minimum atomic E-state index is -0.566. The van der Waals surface area contributed by atoms with Crippen molar-refractivity contribution in [2.45, 2.75) is 30.5 Å².